The Kier molecular flexibility index (Phi) is 7.17. The van der Waals surface area contributed by atoms with E-state index in [1.165, 1.54) is 0 Å². The Morgan fingerprint density at radius 2 is 1.21 bits per heavy atom. The fraction of sp³-hybridized carbons (Fsp3) is 0.750. The number of likely N-dealkylation sites (N-methyl/N-ethyl adjacent to an activating group) is 2. The van der Waals surface area contributed by atoms with Crippen molar-refractivity contribution in [2.24, 2.45) is 0 Å². The van der Waals surface area contributed by atoms with Gasteiger partial charge in [0, 0.05) is 27.2 Å². The molecule has 2 amide bonds. The summed E-state index contributed by atoms with van der Waals surface area (Å²) in [6.07, 6.45) is 0. The molecular formula is C8H14Br2N2O2. The van der Waals surface area contributed by atoms with E-state index in [1.807, 2.05) is 0 Å². The van der Waals surface area contributed by atoms with E-state index in [4.69, 9.17) is 0 Å². The first-order valence-electron chi connectivity index (χ1n) is 4.12. The number of carbonyl (C=O) groups is 2. The molecule has 82 valence electrons. The van der Waals surface area contributed by atoms with Crippen molar-refractivity contribution < 1.29 is 9.59 Å². The average Bonchev–Trinajstić information content (AvgIpc) is 2.22. The summed E-state index contributed by atoms with van der Waals surface area (Å²) >= 11 is 6.17. The number of amides is 2. The van der Waals surface area contributed by atoms with E-state index in [-0.39, 0.29) is 11.8 Å². The van der Waals surface area contributed by atoms with Crippen molar-refractivity contribution in [2.45, 2.75) is 0 Å². The van der Waals surface area contributed by atoms with Gasteiger partial charge in [0.25, 0.3) is 0 Å². The zero-order valence-electron chi connectivity index (χ0n) is 8.30. The number of nitrogens with zero attached hydrogens (tertiary/aromatic N) is 2. The summed E-state index contributed by atoms with van der Waals surface area (Å²) in [6, 6.07) is 0. The molecule has 0 aliphatic rings. The molecule has 0 N–H and O–H groups in total. The van der Waals surface area contributed by atoms with Gasteiger partial charge >= 0.3 is 0 Å². The van der Waals surface area contributed by atoms with Crippen LogP contribution >= 0.6 is 31.9 Å². The normalized spacial score (nSPS) is 9.71. The van der Waals surface area contributed by atoms with Gasteiger partial charge in [0.2, 0.25) is 11.8 Å². The lowest BCUT2D eigenvalue weighted by Crippen LogP contribution is -2.38. The molecule has 0 aliphatic carbocycles. The number of halogens is 2. The van der Waals surface area contributed by atoms with Crippen molar-refractivity contribution >= 4 is 43.7 Å². The van der Waals surface area contributed by atoms with Gasteiger partial charge in [-0.3, -0.25) is 9.59 Å². The second-order valence-electron chi connectivity index (χ2n) is 2.90. The summed E-state index contributed by atoms with van der Waals surface area (Å²) < 4.78 is 0. The molecule has 0 aromatic carbocycles. The number of carbonyl (C=O) groups excluding carboxylic acids is 2. The SMILES string of the molecule is CN(CCN(C)C(=O)CBr)C(=O)CBr. The van der Waals surface area contributed by atoms with E-state index in [1.54, 1.807) is 23.9 Å². The van der Waals surface area contributed by atoms with E-state index >= 15 is 0 Å². The van der Waals surface area contributed by atoms with E-state index in [2.05, 4.69) is 31.9 Å². The summed E-state index contributed by atoms with van der Waals surface area (Å²) in [5.41, 5.74) is 0. The number of hydrogen-bond donors (Lipinski definition) is 0. The smallest absolute Gasteiger partial charge is 0.233 e. The highest BCUT2D eigenvalue weighted by atomic mass is 79.9. The second-order valence-corrected chi connectivity index (χ2v) is 4.02. The monoisotopic (exact) mass is 328 g/mol. The van der Waals surface area contributed by atoms with Gasteiger partial charge in [-0.15, -0.1) is 0 Å². The van der Waals surface area contributed by atoms with Gasteiger partial charge in [0.05, 0.1) is 10.7 Å². The molecule has 4 nitrogen and oxygen atoms in total. The topological polar surface area (TPSA) is 40.6 Å². The van der Waals surface area contributed by atoms with E-state index in [9.17, 15) is 9.59 Å². The fourth-order valence-electron chi connectivity index (χ4n) is 0.753. The highest BCUT2D eigenvalue weighted by Gasteiger charge is 2.10. The Balaban J connectivity index is 3.82. The van der Waals surface area contributed by atoms with Gasteiger partial charge in [-0.05, 0) is 0 Å². The Morgan fingerprint density at radius 1 is 0.929 bits per heavy atom. The maximum absolute atomic E-state index is 11.1. The van der Waals surface area contributed by atoms with Crippen LogP contribution in [-0.2, 0) is 9.59 Å². The standard InChI is InChI=1S/C8H14Br2N2O2/c1-11(7(13)5-9)3-4-12(2)8(14)6-10/h3-6H2,1-2H3. The molecule has 0 heterocycles. The lowest BCUT2D eigenvalue weighted by atomic mass is 10.4. The molecule has 0 bridgehead atoms. The highest BCUT2D eigenvalue weighted by molar-refractivity contribution is 9.09. The maximum atomic E-state index is 11.1. The molecule has 0 unspecified atom stereocenters. The Hall–Kier alpha value is -0.100. The second kappa shape index (κ2) is 7.23. The van der Waals surface area contributed by atoms with Crippen LogP contribution in [0.15, 0.2) is 0 Å². The molecule has 0 fully saturated rings. The minimum atomic E-state index is 0.0182. The van der Waals surface area contributed by atoms with E-state index in [0.29, 0.717) is 23.7 Å². The summed E-state index contributed by atoms with van der Waals surface area (Å²) in [5, 5.41) is 0.638. The molecular weight excluding hydrogens is 316 g/mol. The van der Waals surface area contributed by atoms with Crippen molar-refractivity contribution in [3.63, 3.8) is 0 Å². The minimum absolute atomic E-state index is 0.0182. The first kappa shape index (κ1) is 13.9. The van der Waals surface area contributed by atoms with Crippen LogP contribution in [0.2, 0.25) is 0 Å². The summed E-state index contributed by atoms with van der Waals surface area (Å²) in [6.45, 7) is 1.11. The van der Waals surface area contributed by atoms with Crippen molar-refractivity contribution in [3.8, 4) is 0 Å². The Labute approximate surface area is 101 Å². The molecule has 0 atom stereocenters. The van der Waals surface area contributed by atoms with Crippen LogP contribution in [0.25, 0.3) is 0 Å². The van der Waals surface area contributed by atoms with Crippen LogP contribution in [0.5, 0.6) is 0 Å². The number of alkyl halides is 2. The van der Waals surface area contributed by atoms with Crippen LogP contribution in [0.4, 0.5) is 0 Å². The van der Waals surface area contributed by atoms with Gasteiger partial charge in [0.1, 0.15) is 0 Å². The number of hydrogen-bond acceptors (Lipinski definition) is 2. The first-order chi connectivity index (χ1) is 6.52. The third kappa shape index (κ3) is 4.95. The zero-order chi connectivity index (χ0) is 11.1. The molecule has 0 radical (unpaired) electrons. The quantitative estimate of drug-likeness (QED) is 0.696. The largest absolute Gasteiger partial charge is 0.343 e. The third-order valence-corrected chi connectivity index (χ3v) is 2.81. The molecule has 0 saturated heterocycles. The average molecular weight is 330 g/mol. The zero-order valence-corrected chi connectivity index (χ0v) is 11.5. The van der Waals surface area contributed by atoms with Crippen molar-refractivity contribution in [2.75, 3.05) is 37.8 Å². The molecule has 0 aliphatic heterocycles. The number of rotatable bonds is 5. The van der Waals surface area contributed by atoms with Crippen LogP contribution in [-0.4, -0.2) is 59.5 Å². The third-order valence-electron chi connectivity index (χ3n) is 1.85. The van der Waals surface area contributed by atoms with Crippen LogP contribution < -0.4 is 0 Å². The van der Waals surface area contributed by atoms with Crippen molar-refractivity contribution in [1.29, 1.82) is 0 Å². The highest BCUT2D eigenvalue weighted by Crippen LogP contribution is 1.93. The minimum Gasteiger partial charge on any atom is -0.343 e. The predicted molar refractivity (Wildman–Crippen MR) is 62.9 cm³/mol. The van der Waals surface area contributed by atoms with Gasteiger partial charge < -0.3 is 9.80 Å². The molecule has 0 saturated carbocycles. The van der Waals surface area contributed by atoms with Crippen LogP contribution in [0.1, 0.15) is 0 Å². The molecule has 6 heteroatoms. The Bertz CT molecular complexity index is 190. The van der Waals surface area contributed by atoms with Crippen molar-refractivity contribution in [1.82, 2.24) is 9.80 Å². The maximum Gasteiger partial charge on any atom is 0.233 e. The lowest BCUT2D eigenvalue weighted by Gasteiger charge is -2.21. The molecule has 0 spiro atoms. The molecule has 0 rings (SSSR count). The van der Waals surface area contributed by atoms with E-state index in [0.717, 1.165) is 0 Å². The van der Waals surface area contributed by atoms with Gasteiger partial charge in [-0.2, -0.15) is 0 Å². The van der Waals surface area contributed by atoms with Gasteiger partial charge in [0.15, 0.2) is 0 Å². The molecule has 0 aromatic heterocycles. The lowest BCUT2D eigenvalue weighted by molar-refractivity contribution is -0.130. The van der Waals surface area contributed by atoms with Crippen LogP contribution in [0.3, 0.4) is 0 Å². The van der Waals surface area contributed by atoms with Crippen molar-refractivity contribution in [3.05, 3.63) is 0 Å². The summed E-state index contributed by atoms with van der Waals surface area (Å²) in [5.74, 6) is 0.0365. The van der Waals surface area contributed by atoms with E-state index < -0.39 is 0 Å². The van der Waals surface area contributed by atoms with Gasteiger partial charge in [-0.1, -0.05) is 31.9 Å². The first-order valence-corrected chi connectivity index (χ1v) is 6.37. The Morgan fingerprint density at radius 3 is 1.43 bits per heavy atom. The molecule has 14 heavy (non-hydrogen) atoms. The fourth-order valence-corrected chi connectivity index (χ4v) is 1.61. The summed E-state index contributed by atoms with van der Waals surface area (Å²) in [7, 11) is 3.44. The van der Waals surface area contributed by atoms with Crippen LogP contribution in [0, 0.1) is 0 Å². The van der Waals surface area contributed by atoms with Gasteiger partial charge in [-0.25, -0.2) is 0 Å². The summed E-state index contributed by atoms with van der Waals surface area (Å²) in [4.78, 5) is 25.4. The predicted octanol–water partition coefficient (Wildman–Crippen LogP) is 0.693. The molecule has 0 aromatic rings.